The monoisotopic (exact) mass is 469 g/mol. The van der Waals surface area contributed by atoms with Gasteiger partial charge in [-0.3, -0.25) is 14.6 Å². The van der Waals surface area contributed by atoms with Gasteiger partial charge in [0.1, 0.15) is 0 Å². The Bertz CT molecular complexity index is 932. The average molecular weight is 470 g/mol. The third-order valence-corrected chi connectivity index (χ3v) is 6.79. The first-order valence-electron chi connectivity index (χ1n) is 10.8. The zero-order chi connectivity index (χ0) is 21.1. The van der Waals surface area contributed by atoms with Crippen LogP contribution >= 0.6 is 15.9 Å². The molecule has 1 saturated carbocycles. The third-order valence-electron chi connectivity index (χ3n) is 6.29. The SMILES string of the molecule is Cc1nc(-c2cccc(Br)c2)ccc1C(=O)N1CCN(C(=O)CC2CCCC2)CC1. The smallest absolute Gasteiger partial charge is 0.255 e. The van der Waals surface area contributed by atoms with Crippen LogP contribution in [0.1, 0.15) is 48.2 Å². The summed E-state index contributed by atoms with van der Waals surface area (Å²) < 4.78 is 1.000. The highest BCUT2D eigenvalue weighted by Crippen LogP contribution is 2.28. The Morgan fingerprint density at radius 1 is 1.03 bits per heavy atom. The summed E-state index contributed by atoms with van der Waals surface area (Å²) in [5, 5.41) is 0. The van der Waals surface area contributed by atoms with Gasteiger partial charge in [-0.25, -0.2) is 0 Å². The van der Waals surface area contributed by atoms with Crippen molar-refractivity contribution in [1.82, 2.24) is 14.8 Å². The van der Waals surface area contributed by atoms with Gasteiger partial charge in [0.05, 0.1) is 17.0 Å². The Morgan fingerprint density at radius 2 is 1.73 bits per heavy atom. The maximum atomic E-state index is 13.1. The van der Waals surface area contributed by atoms with E-state index in [0.29, 0.717) is 44.1 Å². The molecule has 1 saturated heterocycles. The first kappa shape index (κ1) is 21.0. The van der Waals surface area contributed by atoms with Gasteiger partial charge in [-0.05, 0) is 49.9 Å². The van der Waals surface area contributed by atoms with E-state index in [4.69, 9.17) is 0 Å². The predicted molar refractivity (Wildman–Crippen MR) is 121 cm³/mol. The second-order valence-corrected chi connectivity index (χ2v) is 9.28. The van der Waals surface area contributed by atoms with Crippen LogP contribution in [0, 0.1) is 12.8 Å². The van der Waals surface area contributed by atoms with Crippen LogP contribution in [-0.4, -0.2) is 52.8 Å². The maximum Gasteiger partial charge on any atom is 0.255 e. The van der Waals surface area contributed by atoms with Crippen molar-refractivity contribution in [2.45, 2.75) is 39.0 Å². The molecular weight excluding hydrogens is 442 g/mol. The number of rotatable bonds is 4. The molecule has 5 nitrogen and oxygen atoms in total. The quantitative estimate of drug-likeness (QED) is 0.652. The van der Waals surface area contributed by atoms with Crippen LogP contribution in [0.3, 0.4) is 0 Å². The van der Waals surface area contributed by atoms with Gasteiger partial charge in [0, 0.05) is 42.6 Å². The van der Waals surface area contributed by atoms with Gasteiger partial charge in [0.2, 0.25) is 5.91 Å². The van der Waals surface area contributed by atoms with Gasteiger partial charge in [0.25, 0.3) is 5.91 Å². The van der Waals surface area contributed by atoms with Crippen LogP contribution in [-0.2, 0) is 4.79 Å². The summed E-state index contributed by atoms with van der Waals surface area (Å²) in [7, 11) is 0. The molecule has 0 bridgehead atoms. The highest BCUT2D eigenvalue weighted by molar-refractivity contribution is 9.10. The zero-order valence-corrected chi connectivity index (χ0v) is 19.0. The lowest BCUT2D eigenvalue weighted by Crippen LogP contribution is -2.51. The summed E-state index contributed by atoms with van der Waals surface area (Å²) in [6.07, 6.45) is 5.56. The molecule has 0 spiro atoms. The molecule has 0 unspecified atom stereocenters. The highest BCUT2D eigenvalue weighted by atomic mass is 79.9. The number of hydrogen-bond acceptors (Lipinski definition) is 3. The normalized spacial score (nSPS) is 17.4. The molecular formula is C24H28BrN3O2. The minimum Gasteiger partial charge on any atom is -0.339 e. The van der Waals surface area contributed by atoms with Crippen LogP contribution in [0.5, 0.6) is 0 Å². The molecule has 4 rings (SSSR count). The van der Waals surface area contributed by atoms with Crippen molar-refractivity contribution in [3.05, 3.63) is 52.1 Å². The second-order valence-electron chi connectivity index (χ2n) is 8.37. The van der Waals surface area contributed by atoms with Crippen LogP contribution < -0.4 is 0 Å². The van der Waals surface area contributed by atoms with Crippen LogP contribution in [0.15, 0.2) is 40.9 Å². The maximum absolute atomic E-state index is 13.1. The number of piperazine rings is 1. The molecule has 2 fully saturated rings. The van der Waals surface area contributed by atoms with Crippen molar-refractivity contribution in [1.29, 1.82) is 0 Å². The lowest BCUT2D eigenvalue weighted by molar-refractivity contribution is -0.133. The summed E-state index contributed by atoms with van der Waals surface area (Å²) in [6.45, 7) is 4.31. The Hall–Kier alpha value is -2.21. The van der Waals surface area contributed by atoms with E-state index in [1.165, 1.54) is 25.7 Å². The molecule has 2 heterocycles. The van der Waals surface area contributed by atoms with E-state index >= 15 is 0 Å². The van der Waals surface area contributed by atoms with E-state index in [-0.39, 0.29) is 11.8 Å². The van der Waals surface area contributed by atoms with Gasteiger partial charge in [0.15, 0.2) is 0 Å². The van der Waals surface area contributed by atoms with Gasteiger partial charge < -0.3 is 9.80 Å². The van der Waals surface area contributed by atoms with Crippen molar-refractivity contribution in [3.8, 4) is 11.3 Å². The molecule has 2 amide bonds. The Morgan fingerprint density at radius 3 is 2.40 bits per heavy atom. The Balaban J connectivity index is 1.37. The summed E-state index contributed by atoms with van der Waals surface area (Å²) >= 11 is 3.49. The van der Waals surface area contributed by atoms with E-state index < -0.39 is 0 Å². The number of aryl methyl sites for hydroxylation is 1. The standard InChI is InChI=1S/C24H28BrN3O2/c1-17-21(9-10-22(26-17)19-7-4-8-20(25)16-19)24(30)28-13-11-27(12-14-28)23(29)15-18-5-2-3-6-18/h4,7-10,16,18H,2-3,5-6,11-15H2,1H3. The fourth-order valence-electron chi connectivity index (χ4n) is 4.52. The minimum absolute atomic E-state index is 0.00341. The van der Waals surface area contributed by atoms with Crippen molar-refractivity contribution in [2.24, 2.45) is 5.92 Å². The molecule has 0 radical (unpaired) electrons. The van der Waals surface area contributed by atoms with Crippen molar-refractivity contribution in [3.63, 3.8) is 0 Å². The summed E-state index contributed by atoms with van der Waals surface area (Å²) in [5.41, 5.74) is 3.24. The van der Waals surface area contributed by atoms with Gasteiger partial charge in [-0.2, -0.15) is 0 Å². The van der Waals surface area contributed by atoms with Crippen LogP contribution in [0.25, 0.3) is 11.3 Å². The van der Waals surface area contributed by atoms with Gasteiger partial charge >= 0.3 is 0 Å². The van der Waals surface area contributed by atoms with E-state index in [1.807, 2.05) is 53.1 Å². The summed E-state index contributed by atoms with van der Waals surface area (Å²) in [4.78, 5) is 34.1. The number of amides is 2. The minimum atomic E-state index is 0.00341. The molecule has 158 valence electrons. The first-order valence-corrected chi connectivity index (χ1v) is 11.6. The van der Waals surface area contributed by atoms with E-state index in [2.05, 4.69) is 20.9 Å². The molecule has 1 aromatic carbocycles. The number of halogens is 1. The summed E-state index contributed by atoms with van der Waals surface area (Å²) in [5.74, 6) is 0.823. The predicted octanol–water partition coefficient (Wildman–Crippen LogP) is 4.68. The van der Waals surface area contributed by atoms with E-state index in [1.54, 1.807) is 0 Å². The number of aromatic nitrogens is 1. The molecule has 2 aliphatic rings. The van der Waals surface area contributed by atoms with Crippen molar-refractivity contribution >= 4 is 27.7 Å². The lowest BCUT2D eigenvalue weighted by atomic mass is 10.0. The van der Waals surface area contributed by atoms with Crippen molar-refractivity contribution in [2.75, 3.05) is 26.2 Å². The summed E-state index contributed by atoms with van der Waals surface area (Å²) in [6, 6.07) is 11.8. The number of nitrogens with zero attached hydrogens (tertiary/aromatic N) is 3. The molecule has 1 aromatic heterocycles. The van der Waals surface area contributed by atoms with Gasteiger partial charge in [-0.15, -0.1) is 0 Å². The van der Waals surface area contributed by atoms with E-state index in [9.17, 15) is 9.59 Å². The molecule has 2 aromatic rings. The molecule has 0 atom stereocenters. The second kappa shape index (κ2) is 9.29. The zero-order valence-electron chi connectivity index (χ0n) is 17.4. The Kier molecular flexibility index (Phi) is 6.52. The number of benzene rings is 1. The topological polar surface area (TPSA) is 53.5 Å². The molecule has 1 aliphatic carbocycles. The van der Waals surface area contributed by atoms with Crippen LogP contribution in [0.4, 0.5) is 0 Å². The molecule has 1 aliphatic heterocycles. The number of hydrogen-bond donors (Lipinski definition) is 0. The van der Waals surface area contributed by atoms with E-state index in [0.717, 1.165) is 21.4 Å². The Labute approximate surface area is 186 Å². The molecule has 0 N–H and O–H groups in total. The number of carbonyl (C=O) groups is 2. The molecule has 6 heteroatoms. The van der Waals surface area contributed by atoms with Gasteiger partial charge in [-0.1, -0.05) is 40.9 Å². The fraction of sp³-hybridized carbons (Fsp3) is 0.458. The average Bonchev–Trinajstić information content (AvgIpc) is 3.26. The number of pyridine rings is 1. The largest absolute Gasteiger partial charge is 0.339 e. The fourth-order valence-corrected chi connectivity index (χ4v) is 4.91. The number of carbonyl (C=O) groups excluding carboxylic acids is 2. The lowest BCUT2D eigenvalue weighted by Gasteiger charge is -2.35. The third kappa shape index (κ3) is 4.75. The molecule has 30 heavy (non-hydrogen) atoms. The highest BCUT2D eigenvalue weighted by Gasteiger charge is 2.28. The van der Waals surface area contributed by atoms with Crippen molar-refractivity contribution < 1.29 is 9.59 Å². The first-order chi connectivity index (χ1) is 14.5. The van der Waals surface area contributed by atoms with Crippen LogP contribution in [0.2, 0.25) is 0 Å².